The van der Waals surface area contributed by atoms with Crippen LogP contribution in [-0.4, -0.2) is 20.9 Å². The Hall–Kier alpha value is -2.30. The fourth-order valence-corrected chi connectivity index (χ4v) is 1.27. The molecule has 0 bridgehead atoms. The molecule has 1 aromatic carbocycles. The van der Waals surface area contributed by atoms with Crippen molar-refractivity contribution in [3.05, 3.63) is 42.1 Å². The number of hydrogen-bond acceptors (Lipinski definition) is 3. The molecule has 1 heterocycles. The second kappa shape index (κ2) is 3.45. The van der Waals surface area contributed by atoms with Crippen LogP contribution < -0.4 is 5.73 Å². The third kappa shape index (κ3) is 1.67. The van der Waals surface area contributed by atoms with Crippen molar-refractivity contribution in [2.24, 2.45) is 0 Å². The van der Waals surface area contributed by atoms with Crippen molar-refractivity contribution in [1.82, 2.24) is 9.78 Å². The van der Waals surface area contributed by atoms with Crippen LogP contribution in [0.4, 0.5) is 5.82 Å². The van der Waals surface area contributed by atoms with Crippen LogP contribution in [0.1, 0.15) is 10.4 Å². The second-order valence-electron chi connectivity index (χ2n) is 3.02. The van der Waals surface area contributed by atoms with E-state index in [1.165, 1.54) is 16.8 Å². The summed E-state index contributed by atoms with van der Waals surface area (Å²) >= 11 is 0. The van der Waals surface area contributed by atoms with Gasteiger partial charge in [0.2, 0.25) is 0 Å². The van der Waals surface area contributed by atoms with Crippen LogP contribution in [0.15, 0.2) is 36.5 Å². The van der Waals surface area contributed by atoms with Gasteiger partial charge < -0.3 is 10.8 Å². The minimum absolute atomic E-state index is 0.240. The number of anilines is 1. The zero-order chi connectivity index (χ0) is 10.8. The lowest BCUT2D eigenvalue weighted by atomic mass is 10.2. The lowest BCUT2D eigenvalue weighted by molar-refractivity contribution is 0.0697. The average Bonchev–Trinajstić information content (AvgIpc) is 2.65. The molecular weight excluding hydrogens is 194 g/mol. The largest absolute Gasteiger partial charge is 0.478 e. The Kier molecular flexibility index (Phi) is 2.13. The van der Waals surface area contributed by atoms with E-state index >= 15 is 0 Å². The summed E-state index contributed by atoms with van der Waals surface area (Å²) < 4.78 is 1.53. The Morgan fingerprint density at radius 2 is 1.93 bits per heavy atom. The predicted molar refractivity (Wildman–Crippen MR) is 54.9 cm³/mol. The highest BCUT2D eigenvalue weighted by molar-refractivity contribution is 5.87. The summed E-state index contributed by atoms with van der Waals surface area (Å²) in [5, 5.41) is 12.7. The van der Waals surface area contributed by atoms with Crippen molar-refractivity contribution < 1.29 is 9.90 Å². The summed E-state index contributed by atoms with van der Waals surface area (Å²) in [6, 6.07) is 8.02. The molecule has 0 amide bonds. The first-order valence-electron chi connectivity index (χ1n) is 4.32. The quantitative estimate of drug-likeness (QED) is 0.767. The molecule has 1 aromatic heterocycles. The maximum absolute atomic E-state index is 10.6. The van der Waals surface area contributed by atoms with E-state index in [9.17, 15) is 4.79 Å². The topological polar surface area (TPSA) is 81.1 Å². The molecule has 0 aliphatic carbocycles. The van der Waals surface area contributed by atoms with E-state index in [0.29, 0.717) is 5.82 Å². The molecule has 15 heavy (non-hydrogen) atoms. The van der Waals surface area contributed by atoms with Crippen LogP contribution in [0.3, 0.4) is 0 Å². The van der Waals surface area contributed by atoms with E-state index in [2.05, 4.69) is 5.10 Å². The summed E-state index contributed by atoms with van der Waals surface area (Å²) in [4.78, 5) is 10.6. The Bertz CT molecular complexity index is 488. The summed E-state index contributed by atoms with van der Waals surface area (Å²) in [7, 11) is 0. The Morgan fingerprint density at radius 1 is 1.27 bits per heavy atom. The molecule has 0 aliphatic heterocycles. The minimum atomic E-state index is -0.949. The molecule has 2 rings (SSSR count). The highest BCUT2D eigenvalue weighted by Crippen LogP contribution is 2.12. The zero-order valence-corrected chi connectivity index (χ0v) is 7.79. The number of carboxylic acid groups (broad SMARTS) is 1. The molecule has 0 radical (unpaired) electrons. The van der Waals surface area contributed by atoms with Gasteiger partial charge in [-0.15, -0.1) is 0 Å². The molecule has 5 heteroatoms. The monoisotopic (exact) mass is 203 g/mol. The molecule has 76 valence electrons. The molecule has 0 atom stereocenters. The van der Waals surface area contributed by atoms with Gasteiger partial charge in [0, 0.05) is 6.07 Å². The van der Waals surface area contributed by atoms with Crippen LogP contribution >= 0.6 is 0 Å². The SMILES string of the molecule is Nc1ccnn1-c1ccc(C(=O)O)cc1. The van der Waals surface area contributed by atoms with Gasteiger partial charge in [-0.3, -0.25) is 0 Å². The van der Waals surface area contributed by atoms with Crippen LogP contribution in [0.25, 0.3) is 5.69 Å². The van der Waals surface area contributed by atoms with Gasteiger partial charge in [-0.2, -0.15) is 5.10 Å². The molecule has 0 saturated carbocycles. The first kappa shape index (κ1) is 9.26. The Morgan fingerprint density at radius 3 is 2.40 bits per heavy atom. The van der Waals surface area contributed by atoms with E-state index in [4.69, 9.17) is 10.8 Å². The van der Waals surface area contributed by atoms with Crippen molar-refractivity contribution in [1.29, 1.82) is 0 Å². The molecule has 0 spiro atoms. The van der Waals surface area contributed by atoms with Crippen molar-refractivity contribution in [3.63, 3.8) is 0 Å². The van der Waals surface area contributed by atoms with Crippen LogP contribution in [0.2, 0.25) is 0 Å². The Balaban J connectivity index is 2.40. The van der Waals surface area contributed by atoms with Gasteiger partial charge in [-0.1, -0.05) is 0 Å². The van der Waals surface area contributed by atoms with Crippen LogP contribution in [0.5, 0.6) is 0 Å². The van der Waals surface area contributed by atoms with Crippen molar-refractivity contribution in [3.8, 4) is 5.69 Å². The van der Waals surface area contributed by atoms with E-state index in [0.717, 1.165) is 5.69 Å². The maximum atomic E-state index is 10.6. The number of nitrogens with two attached hydrogens (primary N) is 1. The third-order valence-corrected chi connectivity index (χ3v) is 2.03. The number of nitrogens with zero attached hydrogens (tertiary/aromatic N) is 2. The van der Waals surface area contributed by atoms with Gasteiger partial charge in [0.05, 0.1) is 17.4 Å². The lowest BCUT2D eigenvalue weighted by Gasteiger charge is -2.03. The van der Waals surface area contributed by atoms with Gasteiger partial charge >= 0.3 is 5.97 Å². The number of nitrogen functional groups attached to an aromatic ring is 1. The first-order chi connectivity index (χ1) is 7.18. The molecule has 0 fully saturated rings. The molecule has 5 nitrogen and oxygen atoms in total. The van der Waals surface area contributed by atoms with Crippen molar-refractivity contribution in [2.45, 2.75) is 0 Å². The number of rotatable bonds is 2. The predicted octanol–water partition coefficient (Wildman–Crippen LogP) is 1.15. The fraction of sp³-hybridized carbons (Fsp3) is 0. The molecule has 2 aromatic rings. The van der Waals surface area contributed by atoms with E-state index in [1.807, 2.05) is 0 Å². The number of carbonyl (C=O) groups is 1. The second-order valence-corrected chi connectivity index (χ2v) is 3.02. The van der Waals surface area contributed by atoms with Crippen molar-refractivity contribution >= 4 is 11.8 Å². The van der Waals surface area contributed by atoms with Gasteiger partial charge in [-0.25, -0.2) is 9.48 Å². The van der Waals surface area contributed by atoms with Crippen molar-refractivity contribution in [2.75, 3.05) is 5.73 Å². The maximum Gasteiger partial charge on any atom is 0.335 e. The average molecular weight is 203 g/mol. The number of aromatic carboxylic acids is 1. The van der Waals surface area contributed by atoms with E-state index < -0.39 is 5.97 Å². The van der Waals surface area contributed by atoms with E-state index in [1.54, 1.807) is 24.4 Å². The smallest absolute Gasteiger partial charge is 0.335 e. The van der Waals surface area contributed by atoms with Gasteiger partial charge in [0.25, 0.3) is 0 Å². The van der Waals surface area contributed by atoms with Gasteiger partial charge in [-0.05, 0) is 24.3 Å². The molecule has 0 unspecified atom stereocenters. The summed E-state index contributed by atoms with van der Waals surface area (Å²) in [5.41, 5.74) is 6.63. The lowest BCUT2D eigenvalue weighted by Crippen LogP contribution is -2.02. The normalized spacial score (nSPS) is 10.1. The molecule has 0 saturated heterocycles. The van der Waals surface area contributed by atoms with Crippen LogP contribution in [-0.2, 0) is 0 Å². The van der Waals surface area contributed by atoms with Gasteiger partial charge in [0.15, 0.2) is 0 Å². The molecule has 3 N–H and O–H groups in total. The summed E-state index contributed by atoms with van der Waals surface area (Å²) in [6.45, 7) is 0. The Labute approximate surface area is 85.8 Å². The van der Waals surface area contributed by atoms with Crippen LogP contribution in [0, 0.1) is 0 Å². The number of aromatic nitrogens is 2. The summed E-state index contributed by atoms with van der Waals surface area (Å²) in [5.74, 6) is -0.437. The summed E-state index contributed by atoms with van der Waals surface area (Å²) in [6.07, 6.45) is 1.58. The first-order valence-corrected chi connectivity index (χ1v) is 4.32. The van der Waals surface area contributed by atoms with Gasteiger partial charge in [0.1, 0.15) is 5.82 Å². The third-order valence-electron chi connectivity index (χ3n) is 2.03. The zero-order valence-electron chi connectivity index (χ0n) is 7.79. The number of hydrogen-bond donors (Lipinski definition) is 2. The highest BCUT2D eigenvalue weighted by Gasteiger charge is 2.04. The van der Waals surface area contributed by atoms with E-state index in [-0.39, 0.29) is 5.56 Å². The molecule has 0 aliphatic rings. The molecular formula is C10H9N3O2. The number of benzene rings is 1. The minimum Gasteiger partial charge on any atom is -0.478 e. The fourth-order valence-electron chi connectivity index (χ4n) is 1.27. The number of carboxylic acids is 1. The highest BCUT2D eigenvalue weighted by atomic mass is 16.4. The standard InChI is InChI=1S/C10H9N3O2/c11-9-5-6-12-13(9)8-3-1-7(2-4-8)10(14)15/h1-6H,11H2,(H,14,15).